The molecule has 1 fully saturated rings. The van der Waals surface area contributed by atoms with Crippen LogP contribution in [0.4, 0.5) is 15.8 Å². The van der Waals surface area contributed by atoms with Gasteiger partial charge in [0.05, 0.1) is 6.10 Å². The van der Waals surface area contributed by atoms with Crippen LogP contribution in [0.2, 0.25) is 0 Å². The molecule has 0 unspecified atom stereocenters. The van der Waals surface area contributed by atoms with Gasteiger partial charge in [0.2, 0.25) is 0 Å². The van der Waals surface area contributed by atoms with E-state index in [1.165, 1.54) is 23.3 Å². The fourth-order valence-electron chi connectivity index (χ4n) is 4.30. The van der Waals surface area contributed by atoms with Crippen LogP contribution in [-0.4, -0.2) is 24.3 Å². The molecular weight excluding hydrogens is 339 g/mol. The number of aliphatic hydroxyl groups is 1. The highest BCUT2D eigenvalue weighted by molar-refractivity contribution is 5.59. The van der Waals surface area contributed by atoms with Crippen molar-refractivity contribution in [1.29, 1.82) is 0 Å². The minimum Gasteiger partial charge on any atom is -0.393 e. The summed E-state index contributed by atoms with van der Waals surface area (Å²) in [5, 5.41) is 13.6. The van der Waals surface area contributed by atoms with Crippen molar-refractivity contribution in [3.8, 4) is 0 Å². The molecule has 0 saturated carbocycles. The van der Waals surface area contributed by atoms with Crippen LogP contribution >= 0.6 is 0 Å². The Balaban J connectivity index is 1.38. The molecule has 2 aromatic carbocycles. The van der Waals surface area contributed by atoms with Gasteiger partial charge < -0.3 is 15.3 Å². The number of nitrogens with zero attached hydrogens (tertiary/aromatic N) is 1. The number of fused-ring (bicyclic) bond motifs is 1. The topological polar surface area (TPSA) is 35.5 Å². The molecule has 0 bridgehead atoms. The average Bonchev–Trinajstić information content (AvgIpc) is 2.69. The third-order valence-electron chi connectivity index (χ3n) is 5.93. The second-order valence-corrected chi connectivity index (χ2v) is 7.73. The highest BCUT2D eigenvalue weighted by Crippen LogP contribution is 2.32. The number of hydrogen-bond acceptors (Lipinski definition) is 3. The van der Waals surface area contributed by atoms with Gasteiger partial charge in [0, 0.05) is 42.5 Å². The fourth-order valence-corrected chi connectivity index (χ4v) is 4.30. The molecule has 27 heavy (non-hydrogen) atoms. The third-order valence-corrected chi connectivity index (χ3v) is 5.93. The van der Waals surface area contributed by atoms with E-state index in [2.05, 4.69) is 35.0 Å². The van der Waals surface area contributed by atoms with Crippen LogP contribution in [0.1, 0.15) is 30.4 Å². The Kier molecular flexibility index (Phi) is 5.17. The molecule has 4 heteroatoms. The lowest BCUT2D eigenvalue weighted by atomic mass is 9.88. The first-order valence-electron chi connectivity index (χ1n) is 9.85. The Morgan fingerprint density at radius 1 is 1.07 bits per heavy atom. The smallest absolute Gasteiger partial charge is 0.123 e. The molecule has 3 nitrogen and oxygen atoms in total. The number of hydrogen-bond donors (Lipinski definition) is 2. The number of aliphatic hydroxyl groups excluding tert-OH is 1. The van der Waals surface area contributed by atoms with Gasteiger partial charge in [-0.25, -0.2) is 4.39 Å². The van der Waals surface area contributed by atoms with E-state index >= 15 is 0 Å². The summed E-state index contributed by atoms with van der Waals surface area (Å²) in [5.41, 5.74) is 5.81. The lowest BCUT2D eigenvalue weighted by Gasteiger charge is -2.35. The molecule has 1 heterocycles. The first kappa shape index (κ1) is 18.1. The Morgan fingerprint density at radius 2 is 1.81 bits per heavy atom. The van der Waals surface area contributed by atoms with Crippen molar-refractivity contribution in [1.82, 2.24) is 0 Å². The van der Waals surface area contributed by atoms with Gasteiger partial charge in [-0.3, -0.25) is 0 Å². The van der Waals surface area contributed by atoms with Crippen molar-refractivity contribution in [3.05, 3.63) is 71.7 Å². The fraction of sp³-hybridized carbons (Fsp3) is 0.391. The molecule has 2 aliphatic rings. The van der Waals surface area contributed by atoms with Crippen LogP contribution < -0.4 is 10.2 Å². The van der Waals surface area contributed by atoms with Crippen molar-refractivity contribution in [2.75, 3.05) is 23.3 Å². The summed E-state index contributed by atoms with van der Waals surface area (Å²) >= 11 is 0. The number of halogens is 1. The zero-order chi connectivity index (χ0) is 18.8. The summed E-state index contributed by atoms with van der Waals surface area (Å²) in [7, 11) is 0. The number of benzene rings is 2. The Bertz CT molecular complexity index is 810. The van der Waals surface area contributed by atoms with Crippen molar-refractivity contribution in [2.24, 2.45) is 5.92 Å². The predicted octanol–water partition coefficient (Wildman–Crippen LogP) is 4.52. The first-order valence-corrected chi connectivity index (χ1v) is 9.85. The standard InChI is InChI=1S/C23H27FN2O/c1-16(25-23-4-2-3-18-5-10-21(27)15-22(18)23)17-11-13-26(14-12-17)20-8-6-19(24)7-9-20/h2-4,6-9,17,21,25,27H,1,5,10-15H2/t21-/m1/s1. The van der Waals surface area contributed by atoms with Gasteiger partial charge in [-0.2, -0.15) is 0 Å². The summed E-state index contributed by atoms with van der Waals surface area (Å²) in [5.74, 6) is 0.230. The normalized spacial score (nSPS) is 20.2. The second-order valence-electron chi connectivity index (χ2n) is 7.73. The van der Waals surface area contributed by atoms with E-state index in [-0.39, 0.29) is 11.9 Å². The van der Waals surface area contributed by atoms with Crippen molar-refractivity contribution in [2.45, 2.75) is 38.2 Å². The highest BCUT2D eigenvalue weighted by atomic mass is 19.1. The Morgan fingerprint density at radius 3 is 2.56 bits per heavy atom. The molecule has 0 amide bonds. The van der Waals surface area contributed by atoms with Crippen molar-refractivity contribution >= 4 is 11.4 Å². The third kappa shape index (κ3) is 4.01. The number of aryl methyl sites for hydroxylation is 1. The Labute approximate surface area is 160 Å². The van der Waals surface area contributed by atoms with E-state index in [4.69, 9.17) is 0 Å². The van der Waals surface area contributed by atoms with Crippen molar-refractivity contribution in [3.63, 3.8) is 0 Å². The van der Waals surface area contributed by atoms with Gasteiger partial charge in [0.1, 0.15) is 5.82 Å². The summed E-state index contributed by atoms with van der Waals surface area (Å²) in [4.78, 5) is 2.31. The van der Waals surface area contributed by atoms with Crippen molar-refractivity contribution < 1.29 is 9.50 Å². The van der Waals surface area contributed by atoms with Gasteiger partial charge >= 0.3 is 0 Å². The maximum Gasteiger partial charge on any atom is 0.123 e. The maximum atomic E-state index is 13.1. The molecule has 2 aromatic rings. The maximum absolute atomic E-state index is 13.1. The quantitative estimate of drug-likeness (QED) is 0.835. The number of allylic oxidation sites excluding steroid dienone is 1. The highest BCUT2D eigenvalue weighted by Gasteiger charge is 2.24. The van der Waals surface area contributed by atoms with Crippen LogP contribution in [0, 0.1) is 11.7 Å². The average molecular weight is 366 g/mol. The molecule has 1 aliphatic carbocycles. The molecule has 1 saturated heterocycles. The van der Waals surface area contributed by atoms with Crippen LogP contribution in [0.5, 0.6) is 0 Å². The summed E-state index contributed by atoms with van der Waals surface area (Å²) in [6, 6.07) is 13.1. The minimum atomic E-state index is -0.243. The number of rotatable bonds is 4. The SMILES string of the molecule is C=C(Nc1cccc2c1C[C@H](O)CC2)C1CCN(c2ccc(F)cc2)CC1. The van der Waals surface area contributed by atoms with Gasteiger partial charge in [0.25, 0.3) is 0 Å². The van der Waals surface area contributed by atoms with Gasteiger partial charge in [-0.1, -0.05) is 18.7 Å². The summed E-state index contributed by atoms with van der Waals surface area (Å²) in [6.07, 6.45) is 4.32. The molecule has 0 radical (unpaired) electrons. The van der Waals surface area contributed by atoms with E-state index < -0.39 is 0 Å². The van der Waals surface area contributed by atoms with Crippen LogP contribution in [0.3, 0.4) is 0 Å². The molecule has 1 atom stereocenters. The lowest BCUT2D eigenvalue weighted by molar-refractivity contribution is 0.159. The minimum absolute atomic E-state index is 0.192. The zero-order valence-corrected chi connectivity index (χ0v) is 15.6. The first-order chi connectivity index (χ1) is 13.1. The lowest BCUT2D eigenvalue weighted by Crippen LogP contribution is -2.35. The zero-order valence-electron chi connectivity index (χ0n) is 15.6. The Hall–Kier alpha value is -2.33. The van der Waals surface area contributed by atoms with Gasteiger partial charge in [-0.15, -0.1) is 0 Å². The largest absolute Gasteiger partial charge is 0.393 e. The van der Waals surface area contributed by atoms with E-state index in [0.717, 1.165) is 62.3 Å². The molecule has 142 valence electrons. The summed E-state index contributed by atoms with van der Waals surface area (Å²) < 4.78 is 13.1. The van der Waals surface area contributed by atoms with Gasteiger partial charge in [0.15, 0.2) is 0 Å². The van der Waals surface area contributed by atoms with Crippen LogP contribution in [0.25, 0.3) is 0 Å². The van der Waals surface area contributed by atoms with E-state index in [0.29, 0.717) is 5.92 Å². The van der Waals surface area contributed by atoms with E-state index in [9.17, 15) is 9.50 Å². The van der Waals surface area contributed by atoms with Crippen LogP contribution in [0.15, 0.2) is 54.7 Å². The second kappa shape index (κ2) is 7.73. The number of nitrogens with one attached hydrogen (secondary N) is 1. The predicted molar refractivity (Wildman–Crippen MR) is 109 cm³/mol. The molecule has 4 rings (SSSR count). The monoisotopic (exact) mass is 366 g/mol. The molecule has 1 aliphatic heterocycles. The van der Waals surface area contributed by atoms with E-state index in [1.54, 1.807) is 0 Å². The number of piperidine rings is 1. The summed E-state index contributed by atoms with van der Waals surface area (Å²) in [6.45, 7) is 6.20. The van der Waals surface area contributed by atoms with Gasteiger partial charge in [-0.05, 0) is 67.1 Å². The number of anilines is 2. The molecule has 0 spiro atoms. The molecule has 0 aromatic heterocycles. The molecule has 2 N–H and O–H groups in total. The van der Waals surface area contributed by atoms with E-state index in [1.807, 2.05) is 12.1 Å². The van der Waals surface area contributed by atoms with Crippen LogP contribution in [-0.2, 0) is 12.8 Å². The molecular formula is C23H27FN2O.